The molecular formula is C14H21N3O. The fourth-order valence-electron chi connectivity index (χ4n) is 2.64. The molecule has 0 bridgehead atoms. The average Bonchev–Trinajstić information content (AvgIpc) is 2.84. The second-order valence-corrected chi connectivity index (χ2v) is 4.82. The molecule has 1 fully saturated rings. The summed E-state index contributed by atoms with van der Waals surface area (Å²) in [5, 5.41) is 16.3. The van der Waals surface area contributed by atoms with E-state index in [4.69, 9.17) is 16.2 Å². The third-order valence-electron chi connectivity index (χ3n) is 3.58. The number of anilines is 1. The van der Waals surface area contributed by atoms with Crippen molar-refractivity contribution in [1.29, 1.82) is 5.41 Å². The number of benzene rings is 1. The molecule has 1 unspecified atom stereocenters. The molecule has 0 amide bonds. The SMILES string of the molecule is N=C(N)c1ccc(N2CCCC2CCCO)cc1. The van der Waals surface area contributed by atoms with Crippen LogP contribution in [0.4, 0.5) is 5.69 Å². The second kappa shape index (κ2) is 5.87. The van der Waals surface area contributed by atoms with E-state index in [-0.39, 0.29) is 12.4 Å². The standard InChI is InChI=1S/C14H21N3O/c15-14(16)11-5-7-13(8-6-11)17-9-1-3-12(17)4-2-10-18/h5-8,12,18H,1-4,9-10H2,(H3,15,16). The summed E-state index contributed by atoms with van der Waals surface area (Å²) in [6.07, 6.45) is 4.33. The summed E-state index contributed by atoms with van der Waals surface area (Å²) < 4.78 is 0. The van der Waals surface area contributed by atoms with E-state index < -0.39 is 0 Å². The van der Waals surface area contributed by atoms with Gasteiger partial charge < -0.3 is 15.7 Å². The monoisotopic (exact) mass is 247 g/mol. The van der Waals surface area contributed by atoms with E-state index in [0.29, 0.717) is 6.04 Å². The first-order chi connectivity index (χ1) is 8.72. The summed E-state index contributed by atoms with van der Waals surface area (Å²) >= 11 is 0. The quantitative estimate of drug-likeness (QED) is 0.548. The number of hydrogen-bond donors (Lipinski definition) is 3. The van der Waals surface area contributed by atoms with Gasteiger partial charge in [0.05, 0.1) is 0 Å². The minimum Gasteiger partial charge on any atom is -0.396 e. The van der Waals surface area contributed by atoms with Crippen molar-refractivity contribution in [2.45, 2.75) is 31.7 Å². The maximum atomic E-state index is 8.92. The minimum atomic E-state index is 0.111. The molecule has 1 aromatic carbocycles. The predicted molar refractivity (Wildman–Crippen MR) is 74.1 cm³/mol. The Morgan fingerprint density at radius 2 is 2.11 bits per heavy atom. The molecule has 1 aromatic rings. The van der Waals surface area contributed by atoms with E-state index in [2.05, 4.69) is 4.90 Å². The predicted octanol–water partition coefficient (Wildman–Crippen LogP) is 1.71. The lowest BCUT2D eigenvalue weighted by Crippen LogP contribution is -2.29. The highest BCUT2D eigenvalue weighted by Gasteiger charge is 2.23. The van der Waals surface area contributed by atoms with E-state index >= 15 is 0 Å². The van der Waals surface area contributed by atoms with Crippen LogP contribution in [0.5, 0.6) is 0 Å². The first kappa shape index (κ1) is 12.9. The number of nitrogens with one attached hydrogen (secondary N) is 1. The number of hydrogen-bond acceptors (Lipinski definition) is 3. The van der Waals surface area contributed by atoms with Gasteiger partial charge in [0.1, 0.15) is 5.84 Å². The topological polar surface area (TPSA) is 73.3 Å². The molecule has 0 aromatic heterocycles. The molecule has 4 nitrogen and oxygen atoms in total. The van der Waals surface area contributed by atoms with Crippen LogP contribution >= 0.6 is 0 Å². The zero-order chi connectivity index (χ0) is 13.0. The number of nitrogen functional groups attached to an aromatic ring is 1. The van der Waals surface area contributed by atoms with Crippen LogP contribution in [0.2, 0.25) is 0 Å². The van der Waals surface area contributed by atoms with E-state index in [1.165, 1.54) is 18.5 Å². The van der Waals surface area contributed by atoms with Crippen LogP contribution in [-0.4, -0.2) is 30.1 Å². The lowest BCUT2D eigenvalue weighted by atomic mass is 10.1. The average molecular weight is 247 g/mol. The summed E-state index contributed by atoms with van der Waals surface area (Å²) in [5.74, 6) is 0.111. The highest BCUT2D eigenvalue weighted by atomic mass is 16.2. The fourth-order valence-corrected chi connectivity index (χ4v) is 2.64. The van der Waals surface area contributed by atoms with Crippen molar-refractivity contribution in [3.05, 3.63) is 29.8 Å². The van der Waals surface area contributed by atoms with Crippen LogP contribution in [0, 0.1) is 5.41 Å². The van der Waals surface area contributed by atoms with Crippen molar-refractivity contribution < 1.29 is 5.11 Å². The van der Waals surface area contributed by atoms with Crippen LogP contribution in [0.3, 0.4) is 0 Å². The maximum absolute atomic E-state index is 8.92. The number of aliphatic hydroxyl groups is 1. The number of aliphatic hydroxyl groups excluding tert-OH is 1. The Morgan fingerprint density at radius 1 is 1.39 bits per heavy atom. The Balaban J connectivity index is 2.07. The molecule has 1 heterocycles. The van der Waals surface area contributed by atoms with Gasteiger partial charge in [-0.05, 0) is 49.9 Å². The van der Waals surface area contributed by atoms with E-state index in [9.17, 15) is 0 Å². The van der Waals surface area contributed by atoms with Crippen LogP contribution in [-0.2, 0) is 0 Å². The molecule has 18 heavy (non-hydrogen) atoms. The van der Waals surface area contributed by atoms with Crippen LogP contribution in [0.15, 0.2) is 24.3 Å². The van der Waals surface area contributed by atoms with Gasteiger partial charge in [0.25, 0.3) is 0 Å². The molecule has 1 saturated heterocycles. The van der Waals surface area contributed by atoms with Gasteiger partial charge in [-0.25, -0.2) is 0 Å². The van der Waals surface area contributed by atoms with Crippen molar-refractivity contribution in [3.63, 3.8) is 0 Å². The van der Waals surface area contributed by atoms with Gasteiger partial charge in [0.2, 0.25) is 0 Å². The molecule has 0 spiro atoms. The highest BCUT2D eigenvalue weighted by molar-refractivity contribution is 5.95. The maximum Gasteiger partial charge on any atom is 0.122 e. The zero-order valence-corrected chi connectivity index (χ0v) is 10.6. The van der Waals surface area contributed by atoms with Crippen molar-refractivity contribution in [2.24, 2.45) is 5.73 Å². The largest absolute Gasteiger partial charge is 0.396 e. The molecule has 1 atom stereocenters. The number of nitrogens with two attached hydrogens (primary N) is 1. The molecule has 0 aliphatic carbocycles. The van der Waals surface area contributed by atoms with Gasteiger partial charge in [0, 0.05) is 30.4 Å². The molecule has 4 N–H and O–H groups in total. The second-order valence-electron chi connectivity index (χ2n) is 4.82. The van der Waals surface area contributed by atoms with Gasteiger partial charge in [-0.2, -0.15) is 0 Å². The zero-order valence-electron chi connectivity index (χ0n) is 10.6. The van der Waals surface area contributed by atoms with E-state index in [0.717, 1.165) is 24.9 Å². The normalized spacial score (nSPS) is 19.2. The van der Waals surface area contributed by atoms with Gasteiger partial charge in [-0.1, -0.05) is 0 Å². The van der Waals surface area contributed by atoms with Crippen LogP contribution in [0.25, 0.3) is 0 Å². The molecular weight excluding hydrogens is 226 g/mol. The smallest absolute Gasteiger partial charge is 0.122 e. The Hall–Kier alpha value is -1.55. The Labute approximate surface area is 108 Å². The first-order valence-electron chi connectivity index (χ1n) is 6.54. The lowest BCUT2D eigenvalue weighted by molar-refractivity contribution is 0.279. The van der Waals surface area contributed by atoms with Crippen LogP contribution < -0.4 is 10.6 Å². The molecule has 1 aliphatic rings. The summed E-state index contributed by atoms with van der Waals surface area (Å²) in [5.41, 5.74) is 7.42. The summed E-state index contributed by atoms with van der Waals surface area (Å²) in [6.45, 7) is 1.35. The third-order valence-corrected chi connectivity index (χ3v) is 3.58. The van der Waals surface area contributed by atoms with Crippen molar-refractivity contribution in [2.75, 3.05) is 18.1 Å². The van der Waals surface area contributed by atoms with Crippen molar-refractivity contribution >= 4 is 11.5 Å². The lowest BCUT2D eigenvalue weighted by Gasteiger charge is -2.27. The number of amidine groups is 1. The Kier molecular flexibility index (Phi) is 4.20. The molecule has 0 saturated carbocycles. The number of rotatable bonds is 5. The third kappa shape index (κ3) is 2.82. The van der Waals surface area contributed by atoms with Crippen LogP contribution in [0.1, 0.15) is 31.2 Å². The van der Waals surface area contributed by atoms with Crippen molar-refractivity contribution in [3.8, 4) is 0 Å². The van der Waals surface area contributed by atoms with Gasteiger partial charge in [-0.15, -0.1) is 0 Å². The molecule has 4 heteroatoms. The van der Waals surface area contributed by atoms with Gasteiger partial charge >= 0.3 is 0 Å². The van der Waals surface area contributed by atoms with Crippen molar-refractivity contribution in [1.82, 2.24) is 0 Å². The summed E-state index contributed by atoms with van der Waals surface area (Å²) in [4.78, 5) is 2.40. The minimum absolute atomic E-state index is 0.111. The van der Waals surface area contributed by atoms with Gasteiger partial charge in [0.15, 0.2) is 0 Å². The number of nitrogens with zero attached hydrogens (tertiary/aromatic N) is 1. The molecule has 0 radical (unpaired) electrons. The van der Waals surface area contributed by atoms with E-state index in [1.54, 1.807) is 0 Å². The summed E-state index contributed by atoms with van der Waals surface area (Å²) in [6, 6.07) is 8.42. The van der Waals surface area contributed by atoms with E-state index in [1.807, 2.05) is 24.3 Å². The molecule has 2 rings (SSSR count). The summed E-state index contributed by atoms with van der Waals surface area (Å²) in [7, 11) is 0. The fraction of sp³-hybridized carbons (Fsp3) is 0.500. The molecule has 98 valence electrons. The molecule has 1 aliphatic heterocycles. The Bertz CT molecular complexity index is 402. The van der Waals surface area contributed by atoms with Gasteiger partial charge in [-0.3, -0.25) is 5.41 Å². The first-order valence-corrected chi connectivity index (χ1v) is 6.54. The Morgan fingerprint density at radius 3 is 2.72 bits per heavy atom. The highest BCUT2D eigenvalue weighted by Crippen LogP contribution is 2.28.